The van der Waals surface area contributed by atoms with Gasteiger partial charge in [0.1, 0.15) is 6.54 Å². The smallest absolute Gasteiger partial charge is 0.262 e. The zero-order valence-electron chi connectivity index (χ0n) is 11.9. The van der Waals surface area contributed by atoms with E-state index in [-0.39, 0.29) is 24.8 Å². The maximum Gasteiger partial charge on any atom is 0.262 e. The molecule has 2 aliphatic heterocycles. The summed E-state index contributed by atoms with van der Waals surface area (Å²) < 4.78 is 0. The number of amides is 4. The van der Waals surface area contributed by atoms with Crippen molar-refractivity contribution in [2.45, 2.75) is 6.42 Å². The molecule has 1 fully saturated rings. The summed E-state index contributed by atoms with van der Waals surface area (Å²) in [5.74, 6) is -1.32. The average Bonchev–Trinajstić information content (AvgIpc) is 2.69. The molecule has 0 atom stereocenters. The van der Waals surface area contributed by atoms with Crippen LogP contribution in [0.15, 0.2) is 24.3 Å². The van der Waals surface area contributed by atoms with Crippen molar-refractivity contribution in [1.82, 2.24) is 15.1 Å². The number of nitrogens with zero attached hydrogens (tertiary/aromatic N) is 2. The molecule has 1 aromatic rings. The van der Waals surface area contributed by atoms with Gasteiger partial charge in [0, 0.05) is 26.1 Å². The van der Waals surface area contributed by atoms with Gasteiger partial charge >= 0.3 is 0 Å². The Labute approximate surface area is 126 Å². The van der Waals surface area contributed by atoms with Crippen molar-refractivity contribution < 1.29 is 19.2 Å². The number of hydrogen-bond acceptors (Lipinski definition) is 4. The average molecular weight is 301 g/mol. The molecule has 2 heterocycles. The molecule has 4 amide bonds. The van der Waals surface area contributed by atoms with Crippen molar-refractivity contribution in [3.8, 4) is 0 Å². The maximum absolute atomic E-state index is 12.3. The third-order valence-electron chi connectivity index (χ3n) is 3.84. The number of carbonyl (C=O) groups excluding carboxylic acids is 4. The molecule has 7 heteroatoms. The van der Waals surface area contributed by atoms with Gasteiger partial charge in [0.05, 0.1) is 11.1 Å². The lowest BCUT2D eigenvalue weighted by Crippen LogP contribution is -2.43. The van der Waals surface area contributed by atoms with E-state index < -0.39 is 11.8 Å². The fourth-order valence-corrected chi connectivity index (χ4v) is 2.63. The molecule has 0 bridgehead atoms. The van der Waals surface area contributed by atoms with E-state index in [9.17, 15) is 19.2 Å². The summed E-state index contributed by atoms with van der Waals surface area (Å²) >= 11 is 0. The van der Waals surface area contributed by atoms with Gasteiger partial charge in [0.15, 0.2) is 0 Å². The Morgan fingerprint density at radius 2 is 1.68 bits per heavy atom. The van der Waals surface area contributed by atoms with Crippen LogP contribution >= 0.6 is 0 Å². The Morgan fingerprint density at radius 1 is 1.05 bits per heavy atom. The summed E-state index contributed by atoms with van der Waals surface area (Å²) in [5.41, 5.74) is 0.654. The van der Waals surface area contributed by atoms with Gasteiger partial charge in [0.25, 0.3) is 11.8 Å². The molecule has 0 radical (unpaired) electrons. The largest absolute Gasteiger partial charge is 0.354 e. The highest BCUT2D eigenvalue weighted by Gasteiger charge is 2.37. The zero-order chi connectivity index (χ0) is 15.7. The lowest BCUT2D eigenvalue weighted by atomic mass is 10.1. The highest BCUT2D eigenvalue weighted by atomic mass is 16.2. The van der Waals surface area contributed by atoms with Crippen molar-refractivity contribution in [2.75, 3.05) is 26.2 Å². The molecule has 0 aromatic heterocycles. The molecule has 0 saturated carbocycles. The third kappa shape index (κ3) is 2.45. The normalized spacial score (nSPS) is 18.1. The SMILES string of the molecule is O=C1CCN(C(=O)CN2C(=O)c3ccccc3C2=O)CCN1. The predicted molar refractivity (Wildman–Crippen MR) is 76.0 cm³/mol. The summed E-state index contributed by atoms with van der Waals surface area (Å²) in [7, 11) is 0. The Balaban J connectivity index is 1.71. The molecule has 0 unspecified atom stereocenters. The molecule has 2 aliphatic rings. The summed E-state index contributed by atoms with van der Waals surface area (Å²) in [6.45, 7) is 0.773. The van der Waals surface area contributed by atoms with Gasteiger partial charge in [-0.15, -0.1) is 0 Å². The van der Waals surface area contributed by atoms with Gasteiger partial charge in [-0.2, -0.15) is 0 Å². The first-order chi connectivity index (χ1) is 10.6. The van der Waals surface area contributed by atoms with E-state index in [4.69, 9.17) is 0 Å². The number of rotatable bonds is 2. The van der Waals surface area contributed by atoms with Crippen LogP contribution in [0.4, 0.5) is 0 Å². The van der Waals surface area contributed by atoms with E-state index in [2.05, 4.69) is 5.32 Å². The van der Waals surface area contributed by atoms with Crippen molar-refractivity contribution in [3.63, 3.8) is 0 Å². The van der Waals surface area contributed by atoms with Crippen LogP contribution in [0, 0.1) is 0 Å². The minimum absolute atomic E-state index is 0.101. The summed E-state index contributed by atoms with van der Waals surface area (Å²) in [6, 6.07) is 6.52. The first-order valence-electron chi connectivity index (χ1n) is 7.07. The highest BCUT2D eigenvalue weighted by Crippen LogP contribution is 2.22. The van der Waals surface area contributed by atoms with Crippen LogP contribution in [0.5, 0.6) is 0 Å². The summed E-state index contributed by atoms with van der Waals surface area (Å²) in [6.07, 6.45) is 0.230. The van der Waals surface area contributed by atoms with Crippen LogP contribution in [0.1, 0.15) is 27.1 Å². The quantitative estimate of drug-likeness (QED) is 0.755. The minimum atomic E-state index is -0.446. The van der Waals surface area contributed by atoms with E-state index in [1.165, 1.54) is 4.90 Å². The Hall–Kier alpha value is -2.70. The topological polar surface area (TPSA) is 86.8 Å². The van der Waals surface area contributed by atoms with Gasteiger partial charge in [0.2, 0.25) is 11.8 Å². The second kappa shape index (κ2) is 5.59. The summed E-state index contributed by atoms with van der Waals surface area (Å²) in [4.78, 5) is 50.5. The number of hydrogen-bond donors (Lipinski definition) is 1. The van der Waals surface area contributed by atoms with E-state index in [1.54, 1.807) is 24.3 Å². The fraction of sp³-hybridized carbons (Fsp3) is 0.333. The molecule has 0 spiro atoms. The predicted octanol–water partition coefficient (Wildman–Crippen LogP) is -0.369. The fourth-order valence-electron chi connectivity index (χ4n) is 2.63. The van der Waals surface area contributed by atoms with E-state index >= 15 is 0 Å². The number of nitrogens with one attached hydrogen (secondary N) is 1. The Morgan fingerprint density at radius 3 is 2.32 bits per heavy atom. The number of carbonyl (C=O) groups is 4. The van der Waals surface area contributed by atoms with Crippen LogP contribution < -0.4 is 5.32 Å². The van der Waals surface area contributed by atoms with E-state index in [1.807, 2.05) is 0 Å². The van der Waals surface area contributed by atoms with Gasteiger partial charge in [-0.1, -0.05) is 12.1 Å². The monoisotopic (exact) mass is 301 g/mol. The van der Waals surface area contributed by atoms with E-state index in [0.717, 1.165) is 4.90 Å². The van der Waals surface area contributed by atoms with Crippen LogP contribution in [0.2, 0.25) is 0 Å². The van der Waals surface area contributed by atoms with Crippen molar-refractivity contribution in [2.24, 2.45) is 0 Å². The molecule has 22 heavy (non-hydrogen) atoms. The molecule has 1 aromatic carbocycles. The number of benzene rings is 1. The molecule has 3 rings (SSSR count). The molecule has 1 saturated heterocycles. The molecular weight excluding hydrogens is 286 g/mol. The molecule has 7 nitrogen and oxygen atoms in total. The Kier molecular flexibility index (Phi) is 3.62. The van der Waals surface area contributed by atoms with Gasteiger partial charge in [-0.25, -0.2) is 0 Å². The van der Waals surface area contributed by atoms with Gasteiger partial charge < -0.3 is 10.2 Å². The molecular formula is C15H15N3O4. The van der Waals surface area contributed by atoms with Crippen molar-refractivity contribution in [3.05, 3.63) is 35.4 Å². The van der Waals surface area contributed by atoms with Crippen LogP contribution in [-0.4, -0.2) is 59.6 Å². The standard InChI is InChI=1S/C15H15N3O4/c19-12-5-7-17(8-6-16-12)13(20)9-18-14(21)10-3-1-2-4-11(10)15(18)22/h1-4H,5-9H2,(H,16,19). The second-order valence-electron chi connectivity index (χ2n) is 5.22. The van der Waals surface area contributed by atoms with Gasteiger partial charge in [-0.05, 0) is 12.1 Å². The second-order valence-corrected chi connectivity index (χ2v) is 5.22. The maximum atomic E-state index is 12.3. The first kappa shape index (κ1) is 14.2. The molecule has 0 aliphatic carbocycles. The first-order valence-corrected chi connectivity index (χ1v) is 7.07. The van der Waals surface area contributed by atoms with E-state index in [0.29, 0.717) is 30.8 Å². The van der Waals surface area contributed by atoms with Crippen molar-refractivity contribution in [1.29, 1.82) is 0 Å². The molecule has 114 valence electrons. The lowest BCUT2D eigenvalue weighted by Gasteiger charge is -2.22. The van der Waals surface area contributed by atoms with Crippen LogP contribution in [0.25, 0.3) is 0 Å². The highest BCUT2D eigenvalue weighted by molar-refractivity contribution is 6.22. The van der Waals surface area contributed by atoms with Crippen LogP contribution in [0.3, 0.4) is 0 Å². The number of fused-ring (bicyclic) bond motifs is 1. The molecule has 1 N–H and O–H groups in total. The minimum Gasteiger partial charge on any atom is -0.354 e. The third-order valence-corrected chi connectivity index (χ3v) is 3.84. The lowest BCUT2D eigenvalue weighted by molar-refractivity contribution is -0.131. The summed E-state index contributed by atoms with van der Waals surface area (Å²) in [5, 5.41) is 2.67. The van der Waals surface area contributed by atoms with Crippen LogP contribution in [-0.2, 0) is 9.59 Å². The van der Waals surface area contributed by atoms with Crippen molar-refractivity contribution >= 4 is 23.6 Å². The Bertz CT molecular complexity index is 636. The van der Waals surface area contributed by atoms with Gasteiger partial charge in [-0.3, -0.25) is 24.1 Å². The number of imide groups is 1. The zero-order valence-corrected chi connectivity index (χ0v) is 11.9.